The number of rotatable bonds is 6. The van der Waals surface area contributed by atoms with Crippen molar-refractivity contribution in [2.75, 3.05) is 11.9 Å². The van der Waals surface area contributed by atoms with Crippen LogP contribution in [0.25, 0.3) is 0 Å². The molecule has 0 radical (unpaired) electrons. The second kappa shape index (κ2) is 7.16. The summed E-state index contributed by atoms with van der Waals surface area (Å²) in [5, 5.41) is 5.66. The first kappa shape index (κ1) is 16.0. The molecule has 0 aromatic heterocycles. The predicted octanol–water partition coefficient (Wildman–Crippen LogP) is 3.13. The Morgan fingerprint density at radius 1 is 1.13 bits per heavy atom. The third-order valence-electron chi connectivity index (χ3n) is 5.45. The van der Waals surface area contributed by atoms with Gasteiger partial charge in [-0.1, -0.05) is 31.5 Å². The molecule has 0 heterocycles. The minimum Gasteiger partial charge on any atom is -0.347 e. The van der Waals surface area contributed by atoms with Crippen LogP contribution in [0.3, 0.4) is 0 Å². The van der Waals surface area contributed by atoms with E-state index < -0.39 is 0 Å². The molecule has 2 fully saturated rings. The molecule has 124 valence electrons. The normalized spacial score (nSPS) is 25.3. The van der Waals surface area contributed by atoms with E-state index in [2.05, 4.69) is 17.6 Å². The zero-order valence-electron chi connectivity index (χ0n) is 13.8. The number of nitrogens with one attached hydrogen (secondary N) is 2. The second-order valence-corrected chi connectivity index (χ2v) is 6.97. The lowest BCUT2D eigenvalue weighted by atomic mass is 9.86. The van der Waals surface area contributed by atoms with Crippen LogP contribution in [0.15, 0.2) is 24.3 Å². The molecule has 4 nitrogen and oxygen atoms in total. The van der Waals surface area contributed by atoms with Crippen molar-refractivity contribution in [3.05, 3.63) is 29.8 Å². The van der Waals surface area contributed by atoms with E-state index in [1.54, 1.807) is 0 Å². The summed E-state index contributed by atoms with van der Waals surface area (Å²) in [6, 6.07) is 7.77. The molecule has 4 heteroatoms. The van der Waals surface area contributed by atoms with Gasteiger partial charge < -0.3 is 10.6 Å². The Kier molecular flexibility index (Phi) is 4.99. The van der Waals surface area contributed by atoms with E-state index in [1.165, 1.54) is 25.7 Å². The van der Waals surface area contributed by atoms with Gasteiger partial charge in [0.15, 0.2) is 0 Å². The predicted molar refractivity (Wildman–Crippen MR) is 91.0 cm³/mol. The monoisotopic (exact) mass is 314 g/mol. The smallest absolute Gasteiger partial charge is 0.243 e. The van der Waals surface area contributed by atoms with Crippen LogP contribution in [0.5, 0.6) is 0 Å². The fourth-order valence-electron chi connectivity index (χ4n) is 4.26. The van der Waals surface area contributed by atoms with Gasteiger partial charge in [0.1, 0.15) is 0 Å². The molecule has 1 aromatic carbocycles. The lowest BCUT2D eigenvalue weighted by molar-refractivity contribution is -0.125. The first-order chi connectivity index (χ1) is 11.2. The van der Waals surface area contributed by atoms with Crippen LogP contribution in [0.2, 0.25) is 0 Å². The molecule has 2 bridgehead atoms. The molecule has 0 spiro atoms. The molecule has 3 rings (SSSR count). The minimum atomic E-state index is -0.160. The van der Waals surface area contributed by atoms with Crippen molar-refractivity contribution in [1.82, 2.24) is 5.32 Å². The van der Waals surface area contributed by atoms with E-state index in [9.17, 15) is 9.59 Å². The molecule has 2 amide bonds. The number of hydrogen-bond acceptors (Lipinski definition) is 2. The number of anilines is 1. The first-order valence-corrected chi connectivity index (χ1v) is 8.80. The Morgan fingerprint density at radius 3 is 2.65 bits per heavy atom. The summed E-state index contributed by atoms with van der Waals surface area (Å²) in [7, 11) is 0. The molecule has 2 aliphatic carbocycles. The molecule has 0 saturated heterocycles. The fourth-order valence-corrected chi connectivity index (χ4v) is 4.26. The number of fused-ring (bicyclic) bond motifs is 2. The van der Waals surface area contributed by atoms with Gasteiger partial charge in [-0.15, -0.1) is 0 Å². The van der Waals surface area contributed by atoms with Crippen molar-refractivity contribution in [3.63, 3.8) is 0 Å². The summed E-state index contributed by atoms with van der Waals surface area (Å²) in [6.45, 7) is 2.11. The van der Waals surface area contributed by atoms with Gasteiger partial charge in [-0.05, 0) is 55.1 Å². The number of benzene rings is 1. The van der Waals surface area contributed by atoms with Gasteiger partial charge in [0.25, 0.3) is 0 Å². The molecule has 0 unspecified atom stereocenters. The number of para-hydroxylation sites is 1. The molecule has 3 atom stereocenters. The lowest BCUT2D eigenvalue weighted by Crippen LogP contribution is -2.34. The number of aryl methyl sites for hydroxylation is 1. The molecule has 2 aliphatic rings. The highest BCUT2D eigenvalue weighted by atomic mass is 16.2. The third kappa shape index (κ3) is 3.92. The maximum atomic E-state index is 12.1. The van der Waals surface area contributed by atoms with Crippen molar-refractivity contribution >= 4 is 17.5 Å². The van der Waals surface area contributed by atoms with Gasteiger partial charge >= 0.3 is 0 Å². The molecular weight excluding hydrogens is 288 g/mol. The van der Waals surface area contributed by atoms with E-state index in [-0.39, 0.29) is 18.4 Å². The highest BCUT2D eigenvalue weighted by molar-refractivity contribution is 5.95. The van der Waals surface area contributed by atoms with Crippen molar-refractivity contribution in [2.45, 2.75) is 45.4 Å². The maximum Gasteiger partial charge on any atom is 0.243 e. The average molecular weight is 314 g/mol. The standard InChI is InChI=1S/C19H26N2O2/c1-2-14-5-3-4-6-17(14)21-19(23)12-20-18(22)11-16-10-13-7-8-15(16)9-13/h3-6,13,15-16H,2,7-12H2,1H3,(H,20,22)(H,21,23)/t13-,15+,16+/m0/s1. The van der Waals surface area contributed by atoms with Gasteiger partial charge in [0.05, 0.1) is 6.54 Å². The Labute approximate surface area is 138 Å². The van der Waals surface area contributed by atoms with E-state index in [4.69, 9.17) is 0 Å². The number of amides is 2. The number of carbonyl (C=O) groups is 2. The van der Waals surface area contributed by atoms with Crippen LogP contribution in [0.4, 0.5) is 5.69 Å². The van der Waals surface area contributed by atoms with Gasteiger partial charge in [-0.2, -0.15) is 0 Å². The molecule has 2 saturated carbocycles. The Balaban J connectivity index is 1.42. The van der Waals surface area contributed by atoms with Crippen LogP contribution < -0.4 is 10.6 Å². The highest BCUT2D eigenvalue weighted by Crippen LogP contribution is 2.49. The molecule has 1 aromatic rings. The number of hydrogen-bond donors (Lipinski definition) is 2. The van der Waals surface area contributed by atoms with Crippen LogP contribution in [0, 0.1) is 17.8 Å². The van der Waals surface area contributed by atoms with E-state index in [0.717, 1.165) is 29.5 Å². The second-order valence-electron chi connectivity index (χ2n) is 6.97. The van der Waals surface area contributed by atoms with Crippen molar-refractivity contribution in [2.24, 2.45) is 17.8 Å². The van der Waals surface area contributed by atoms with Crippen molar-refractivity contribution < 1.29 is 9.59 Å². The largest absolute Gasteiger partial charge is 0.347 e. The maximum absolute atomic E-state index is 12.1. The molecule has 23 heavy (non-hydrogen) atoms. The van der Waals surface area contributed by atoms with Gasteiger partial charge in [-0.25, -0.2) is 0 Å². The fraction of sp³-hybridized carbons (Fsp3) is 0.579. The quantitative estimate of drug-likeness (QED) is 0.847. The Hall–Kier alpha value is -1.84. The van der Waals surface area contributed by atoms with Crippen LogP contribution in [-0.4, -0.2) is 18.4 Å². The summed E-state index contributed by atoms with van der Waals surface area (Å²) in [5.41, 5.74) is 1.94. The molecule has 0 aliphatic heterocycles. The summed E-state index contributed by atoms with van der Waals surface area (Å²) >= 11 is 0. The summed E-state index contributed by atoms with van der Waals surface area (Å²) in [6.07, 6.45) is 6.60. The van der Waals surface area contributed by atoms with Crippen LogP contribution >= 0.6 is 0 Å². The molecule has 2 N–H and O–H groups in total. The van der Waals surface area contributed by atoms with E-state index in [0.29, 0.717) is 12.3 Å². The van der Waals surface area contributed by atoms with Gasteiger partial charge in [0, 0.05) is 12.1 Å². The molecular formula is C19H26N2O2. The van der Waals surface area contributed by atoms with Crippen LogP contribution in [-0.2, 0) is 16.0 Å². The third-order valence-corrected chi connectivity index (χ3v) is 5.45. The Morgan fingerprint density at radius 2 is 1.96 bits per heavy atom. The van der Waals surface area contributed by atoms with E-state index >= 15 is 0 Å². The lowest BCUT2D eigenvalue weighted by Gasteiger charge is -2.20. The van der Waals surface area contributed by atoms with Gasteiger partial charge in [-0.3, -0.25) is 9.59 Å². The summed E-state index contributed by atoms with van der Waals surface area (Å²) < 4.78 is 0. The zero-order valence-corrected chi connectivity index (χ0v) is 13.8. The SMILES string of the molecule is CCc1ccccc1NC(=O)CNC(=O)C[C@H]1C[C@H]2CC[C@@H]1C2. The number of carbonyl (C=O) groups excluding carboxylic acids is 2. The van der Waals surface area contributed by atoms with Crippen molar-refractivity contribution in [3.8, 4) is 0 Å². The highest BCUT2D eigenvalue weighted by Gasteiger charge is 2.40. The van der Waals surface area contributed by atoms with E-state index in [1.807, 2.05) is 24.3 Å². The average Bonchev–Trinajstić information content (AvgIpc) is 3.16. The first-order valence-electron chi connectivity index (χ1n) is 8.80. The van der Waals surface area contributed by atoms with Crippen LogP contribution in [0.1, 0.15) is 44.6 Å². The zero-order chi connectivity index (χ0) is 16.2. The van der Waals surface area contributed by atoms with Gasteiger partial charge in [0.2, 0.25) is 11.8 Å². The topological polar surface area (TPSA) is 58.2 Å². The van der Waals surface area contributed by atoms with Crippen molar-refractivity contribution in [1.29, 1.82) is 0 Å². The Bertz CT molecular complexity index is 584. The minimum absolute atomic E-state index is 0.0153. The summed E-state index contributed by atoms with van der Waals surface area (Å²) in [4.78, 5) is 24.1. The summed E-state index contributed by atoms with van der Waals surface area (Å²) in [5.74, 6) is 1.99.